The zero-order valence-electron chi connectivity index (χ0n) is 18.0. The maximum Gasteiger partial charge on any atom is 0.245 e. The molecule has 2 aromatic rings. The number of benzene rings is 1. The third kappa shape index (κ3) is 4.48. The predicted molar refractivity (Wildman–Crippen MR) is 121 cm³/mol. The molecular formula is C24H31N5O. The number of ether oxygens (including phenoxy) is 1. The van der Waals surface area contributed by atoms with E-state index in [4.69, 9.17) is 10.5 Å². The number of nitrogen functional groups attached to an aromatic ring is 1. The van der Waals surface area contributed by atoms with Gasteiger partial charge in [0.05, 0.1) is 5.71 Å². The Labute approximate surface area is 178 Å². The zero-order chi connectivity index (χ0) is 21.1. The van der Waals surface area contributed by atoms with Crippen LogP contribution < -0.4 is 10.5 Å². The molecule has 1 aliphatic carbocycles. The number of aliphatic imine (C=N–C) groups is 1. The van der Waals surface area contributed by atoms with Crippen LogP contribution in [0, 0.1) is 5.92 Å². The number of allylic oxidation sites excluding steroid dienone is 1. The first kappa shape index (κ1) is 20.4. The molecule has 1 saturated carbocycles. The first-order valence-electron chi connectivity index (χ1n) is 10.8. The quantitative estimate of drug-likeness (QED) is 0.754. The van der Waals surface area contributed by atoms with Crippen LogP contribution in [0.3, 0.4) is 0 Å². The molecule has 4 rings (SSSR count). The molecule has 1 aromatic heterocycles. The standard InChI is InChI=1S/C24H31N5O/c1-16(29(2)3)4-5-17-6-8-18(9-7-17)19-10-12-20(13-11-19)21-14-30-24-22(28-21)23(25)26-15-27-24/h10-13,15,17-18H,1,4-9,14H2,2-3H3,(H2,25,26,27). The van der Waals surface area contributed by atoms with Crippen molar-refractivity contribution in [1.29, 1.82) is 0 Å². The highest BCUT2D eigenvalue weighted by atomic mass is 16.5. The van der Waals surface area contributed by atoms with Gasteiger partial charge in [-0.2, -0.15) is 4.98 Å². The number of aromatic nitrogens is 2. The molecule has 6 heteroatoms. The SMILES string of the molecule is C=C(CCC1CCC(c2ccc(C3=Nc4c(N)ncnc4OC3)cc2)CC1)N(C)C. The van der Waals surface area contributed by atoms with Gasteiger partial charge in [0.2, 0.25) is 5.88 Å². The highest BCUT2D eigenvalue weighted by molar-refractivity contribution is 6.04. The van der Waals surface area contributed by atoms with Gasteiger partial charge in [-0.05, 0) is 61.5 Å². The van der Waals surface area contributed by atoms with Gasteiger partial charge in [0.25, 0.3) is 0 Å². The summed E-state index contributed by atoms with van der Waals surface area (Å²) in [4.78, 5) is 14.9. The molecule has 158 valence electrons. The summed E-state index contributed by atoms with van der Waals surface area (Å²) in [5.74, 6) is 2.29. The molecule has 1 aromatic carbocycles. The van der Waals surface area contributed by atoms with Crippen molar-refractivity contribution in [3.8, 4) is 5.88 Å². The Balaban J connectivity index is 1.36. The summed E-state index contributed by atoms with van der Waals surface area (Å²) >= 11 is 0. The minimum atomic E-state index is 0.347. The average Bonchev–Trinajstić information content (AvgIpc) is 2.78. The summed E-state index contributed by atoms with van der Waals surface area (Å²) in [5, 5.41) is 0. The molecular weight excluding hydrogens is 374 g/mol. The first-order chi connectivity index (χ1) is 14.5. The van der Waals surface area contributed by atoms with Crippen LogP contribution in [0.2, 0.25) is 0 Å². The Morgan fingerprint density at radius 1 is 1.13 bits per heavy atom. The molecule has 0 unspecified atom stereocenters. The van der Waals surface area contributed by atoms with E-state index >= 15 is 0 Å². The third-order valence-corrected chi connectivity index (χ3v) is 6.45. The van der Waals surface area contributed by atoms with Crippen LogP contribution in [0.15, 0.2) is 47.9 Å². The molecule has 0 bridgehead atoms. The van der Waals surface area contributed by atoms with Gasteiger partial charge < -0.3 is 15.4 Å². The Hall–Kier alpha value is -2.89. The summed E-state index contributed by atoms with van der Waals surface area (Å²) in [7, 11) is 4.16. The van der Waals surface area contributed by atoms with Gasteiger partial charge in [-0.15, -0.1) is 0 Å². The Bertz CT molecular complexity index is 927. The highest BCUT2D eigenvalue weighted by Crippen LogP contribution is 2.38. The van der Waals surface area contributed by atoms with Crippen LogP contribution in [-0.2, 0) is 0 Å². The van der Waals surface area contributed by atoms with Crippen LogP contribution >= 0.6 is 0 Å². The first-order valence-corrected chi connectivity index (χ1v) is 10.8. The Morgan fingerprint density at radius 3 is 2.57 bits per heavy atom. The van der Waals surface area contributed by atoms with Crippen LogP contribution in [-0.4, -0.2) is 41.3 Å². The number of anilines is 1. The van der Waals surface area contributed by atoms with Crippen LogP contribution in [0.1, 0.15) is 55.6 Å². The molecule has 0 spiro atoms. The average molecular weight is 406 g/mol. The van der Waals surface area contributed by atoms with E-state index < -0.39 is 0 Å². The second kappa shape index (κ2) is 8.86. The third-order valence-electron chi connectivity index (χ3n) is 6.45. The second-order valence-corrected chi connectivity index (χ2v) is 8.60. The number of nitrogens with zero attached hydrogens (tertiary/aromatic N) is 4. The van der Waals surface area contributed by atoms with Gasteiger partial charge in [-0.25, -0.2) is 9.98 Å². The van der Waals surface area contributed by atoms with Gasteiger partial charge in [0.1, 0.15) is 12.9 Å². The summed E-state index contributed by atoms with van der Waals surface area (Å²) < 4.78 is 5.71. The number of fused-ring (bicyclic) bond motifs is 1. The fraction of sp³-hybridized carbons (Fsp3) is 0.458. The maximum atomic E-state index is 5.92. The van der Waals surface area contributed by atoms with Crippen molar-refractivity contribution in [1.82, 2.24) is 14.9 Å². The Morgan fingerprint density at radius 2 is 1.87 bits per heavy atom. The Kier molecular flexibility index (Phi) is 6.02. The van der Waals surface area contributed by atoms with Crippen molar-refractivity contribution in [3.63, 3.8) is 0 Å². The van der Waals surface area contributed by atoms with Gasteiger partial charge in [0, 0.05) is 19.8 Å². The predicted octanol–water partition coefficient (Wildman–Crippen LogP) is 4.70. The van der Waals surface area contributed by atoms with Crippen molar-refractivity contribution >= 4 is 17.2 Å². The van der Waals surface area contributed by atoms with Crippen molar-refractivity contribution in [2.45, 2.75) is 44.4 Å². The molecule has 30 heavy (non-hydrogen) atoms. The fourth-order valence-electron chi connectivity index (χ4n) is 4.36. The number of nitrogens with two attached hydrogens (primary N) is 1. The number of hydrogen-bond acceptors (Lipinski definition) is 6. The molecule has 0 saturated heterocycles. The minimum Gasteiger partial charge on any atom is -0.469 e. The van der Waals surface area contributed by atoms with Crippen molar-refractivity contribution in [3.05, 3.63) is 54.0 Å². The molecule has 0 atom stereocenters. The molecule has 0 radical (unpaired) electrons. The molecule has 6 nitrogen and oxygen atoms in total. The van der Waals surface area contributed by atoms with E-state index in [0.717, 1.165) is 23.6 Å². The molecule has 2 aliphatic rings. The molecule has 2 N–H and O–H groups in total. The minimum absolute atomic E-state index is 0.347. The maximum absolute atomic E-state index is 5.92. The van der Waals surface area contributed by atoms with E-state index in [1.807, 2.05) is 0 Å². The van der Waals surface area contributed by atoms with Crippen LogP contribution in [0.5, 0.6) is 5.88 Å². The van der Waals surface area contributed by atoms with Gasteiger partial charge in [-0.3, -0.25) is 0 Å². The molecule has 2 heterocycles. The summed E-state index contributed by atoms with van der Waals surface area (Å²) in [6.45, 7) is 4.55. The summed E-state index contributed by atoms with van der Waals surface area (Å²) in [5.41, 5.74) is 11.0. The topological polar surface area (TPSA) is 76.6 Å². The lowest BCUT2D eigenvalue weighted by Crippen LogP contribution is -2.18. The lowest BCUT2D eigenvalue weighted by molar-refractivity contribution is 0.303. The smallest absolute Gasteiger partial charge is 0.245 e. The number of hydrogen-bond donors (Lipinski definition) is 1. The van der Waals surface area contributed by atoms with E-state index in [-0.39, 0.29) is 0 Å². The molecule has 0 amide bonds. The normalized spacial score (nSPS) is 20.7. The van der Waals surface area contributed by atoms with Gasteiger partial charge >= 0.3 is 0 Å². The second-order valence-electron chi connectivity index (χ2n) is 8.60. The summed E-state index contributed by atoms with van der Waals surface area (Å²) in [6.07, 6.45) is 8.93. The van der Waals surface area contributed by atoms with Crippen LogP contribution in [0.4, 0.5) is 11.5 Å². The largest absolute Gasteiger partial charge is 0.469 e. The van der Waals surface area contributed by atoms with Crippen molar-refractivity contribution < 1.29 is 4.74 Å². The van der Waals surface area contributed by atoms with E-state index in [1.54, 1.807) is 0 Å². The van der Waals surface area contributed by atoms with Crippen molar-refractivity contribution in [2.24, 2.45) is 10.9 Å². The van der Waals surface area contributed by atoms with E-state index in [9.17, 15) is 0 Å². The zero-order valence-corrected chi connectivity index (χ0v) is 18.0. The lowest BCUT2D eigenvalue weighted by Gasteiger charge is -2.29. The lowest BCUT2D eigenvalue weighted by atomic mass is 9.77. The van der Waals surface area contributed by atoms with Gasteiger partial charge in [0.15, 0.2) is 11.5 Å². The van der Waals surface area contributed by atoms with Gasteiger partial charge in [-0.1, -0.05) is 30.8 Å². The van der Waals surface area contributed by atoms with E-state index in [0.29, 0.717) is 29.9 Å². The van der Waals surface area contributed by atoms with E-state index in [2.05, 4.69) is 64.8 Å². The fourth-order valence-corrected chi connectivity index (χ4v) is 4.36. The molecule has 1 aliphatic heterocycles. The monoisotopic (exact) mass is 405 g/mol. The van der Waals surface area contributed by atoms with Crippen molar-refractivity contribution in [2.75, 3.05) is 26.4 Å². The summed E-state index contributed by atoms with van der Waals surface area (Å²) in [6, 6.07) is 8.79. The molecule has 1 fully saturated rings. The number of rotatable bonds is 6. The van der Waals surface area contributed by atoms with Crippen LogP contribution in [0.25, 0.3) is 0 Å². The highest BCUT2D eigenvalue weighted by Gasteiger charge is 2.23. The van der Waals surface area contributed by atoms with E-state index in [1.165, 1.54) is 49.7 Å².